The van der Waals surface area contributed by atoms with Crippen LogP contribution < -0.4 is 5.73 Å². The van der Waals surface area contributed by atoms with E-state index in [2.05, 4.69) is 21.9 Å². The number of terminal acetylenes is 1. The summed E-state index contributed by atoms with van der Waals surface area (Å²) in [6.07, 6.45) is 5.15. The van der Waals surface area contributed by atoms with Crippen LogP contribution >= 0.6 is 15.9 Å². The summed E-state index contributed by atoms with van der Waals surface area (Å²) in [6.45, 7) is 0.0282. The van der Waals surface area contributed by atoms with E-state index >= 15 is 0 Å². The van der Waals surface area contributed by atoms with Crippen molar-refractivity contribution in [2.75, 3.05) is 18.8 Å². The molecule has 1 rings (SSSR count). The lowest BCUT2D eigenvalue weighted by Crippen LogP contribution is -2.32. The smallest absolute Gasteiger partial charge is 0.257 e. The first-order valence-electron chi connectivity index (χ1n) is 4.75. The second-order valence-corrected chi connectivity index (χ2v) is 4.17. The third-order valence-electron chi connectivity index (χ3n) is 2.07. The van der Waals surface area contributed by atoms with Gasteiger partial charge >= 0.3 is 0 Å². The average Bonchev–Trinajstić information content (AvgIpc) is 2.28. The molecule has 0 heterocycles. The molecule has 0 saturated heterocycles. The van der Waals surface area contributed by atoms with Crippen LogP contribution in [0.5, 0.6) is 0 Å². The molecule has 0 atom stereocenters. The van der Waals surface area contributed by atoms with Gasteiger partial charge in [0, 0.05) is 10.2 Å². The summed E-state index contributed by atoms with van der Waals surface area (Å²) < 4.78 is 0.787. The Kier molecular flexibility index (Phi) is 4.56. The maximum atomic E-state index is 12.0. The maximum absolute atomic E-state index is 12.0. The van der Waals surface area contributed by atoms with Gasteiger partial charge in [0.15, 0.2) is 0 Å². The minimum Gasteiger partial charge on any atom is -0.398 e. The third kappa shape index (κ3) is 3.24. The molecule has 0 aliphatic rings. The Morgan fingerprint density at radius 1 is 1.53 bits per heavy atom. The van der Waals surface area contributed by atoms with Crippen LogP contribution in [0.15, 0.2) is 22.7 Å². The van der Waals surface area contributed by atoms with Crippen molar-refractivity contribution in [1.29, 1.82) is 5.26 Å². The SMILES string of the molecule is C#CCN(CC#N)C(=O)c1ccc(Br)cc1N. The Morgan fingerprint density at radius 3 is 2.76 bits per heavy atom. The van der Waals surface area contributed by atoms with E-state index in [0.29, 0.717) is 11.3 Å². The number of rotatable bonds is 3. The molecule has 0 unspecified atom stereocenters. The number of nitrogens with zero attached hydrogens (tertiary/aromatic N) is 2. The van der Waals surface area contributed by atoms with Gasteiger partial charge in [0.05, 0.1) is 18.2 Å². The number of hydrogen-bond donors (Lipinski definition) is 1. The van der Waals surface area contributed by atoms with E-state index in [1.807, 2.05) is 6.07 Å². The molecular weight excluding hydrogens is 282 g/mol. The van der Waals surface area contributed by atoms with Gasteiger partial charge in [-0.15, -0.1) is 6.42 Å². The first-order valence-corrected chi connectivity index (χ1v) is 5.54. The second kappa shape index (κ2) is 5.93. The van der Waals surface area contributed by atoms with Crippen molar-refractivity contribution in [1.82, 2.24) is 4.90 Å². The molecule has 17 heavy (non-hydrogen) atoms. The molecule has 0 radical (unpaired) electrons. The van der Waals surface area contributed by atoms with E-state index in [-0.39, 0.29) is 19.0 Å². The summed E-state index contributed by atoms with van der Waals surface area (Å²) in [5.74, 6) is 2.00. The number of carbonyl (C=O) groups excluding carboxylic acids is 1. The molecule has 0 aromatic heterocycles. The van der Waals surface area contributed by atoms with Crippen molar-refractivity contribution in [3.8, 4) is 18.4 Å². The Hall–Kier alpha value is -1.98. The highest BCUT2D eigenvalue weighted by molar-refractivity contribution is 9.10. The lowest BCUT2D eigenvalue weighted by Gasteiger charge is -2.17. The molecule has 86 valence electrons. The zero-order valence-corrected chi connectivity index (χ0v) is 10.6. The highest BCUT2D eigenvalue weighted by Gasteiger charge is 2.16. The molecule has 2 N–H and O–H groups in total. The maximum Gasteiger partial charge on any atom is 0.257 e. The summed E-state index contributed by atoms with van der Waals surface area (Å²) >= 11 is 3.25. The Morgan fingerprint density at radius 2 is 2.24 bits per heavy atom. The second-order valence-electron chi connectivity index (χ2n) is 3.26. The van der Waals surface area contributed by atoms with Crippen LogP contribution in [0.2, 0.25) is 0 Å². The molecule has 1 amide bonds. The Balaban J connectivity index is 3.02. The molecule has 0 aliphatic carbocycles. The van der Waals surface area contributed by atoms with Crippen LogP contribution in [0.25, 0.3) is 0 Å². The molecular formula is C12H10BrN3O. The van der Waals surface area contributed by atoms with Crippen molar-refractivity contribution in [3.05, 3.63) is 28.2 Å². The summed E-state index contributed by atoms with van der Waals surface area (Å²) in [7, 11) is 0. The van der Waals surface area contributed by atoms with Crippen LogP contribution in [-0.2, 0) is 0 Å². The number of halogens is 1. The zero-order valence-electron chi connectivity index (χ0n) is 8.98. The highest BCUT2D eigenvalue weighted by atomic mass is 79.9. The fourth-order valence-corrected chi connectivity index (χ4v) is 1.67. The van der Waals surface area contributed by atoms with Gasteiger partial charge in [0.2, 0.25) is 0 Å². The summed E-state index contributed by atoms with van der Waals surface area (Å²) in [4.78, 5) is 13.3. The van der Waals surface area contributed by atoms with Crippen molar-refractivity contribution >= 4 is 27.5 Å². The lowest BCUT2D eigenvalue weighted by molar-refractivity contribution is 0.0796. The summed E-state index contributed by atoms with van der Waals surface area (Å²) in [5.41, 5.74) is 6.44. The van der Waals surface area contributed by atoms with Gasteiger partial charge < -0.3 is 10.6 Å². The molecule has 0 spiro atoms. The van der Waals surface area contributed by atoms with Crippen molar-refractivity contribution in [2.24, 2.45) is 0 Å². The fraction of sp³-hybridized carbons (Fsp3) is 0.167. The topological polar surface area (TPSA) is 70.1 Å². The van der Waals surface area contributed by atoms with E-state index < -0.39 is 0 Å². The standard InChI is InChI=1S/C12H10BrN3O/c1-2-6-16(7-5-14)12(17)10-4-3-9(13)8-11(10)15/h1,3-4,8H,6-7,15H2. The normalized spacial score (nSPS) is 9.12. The molecule has 1 aromatic carbocycles. The molecule has 5 heteroatoms. The van der Waals surface area contributed by atoms with E-state index in [4.69, 9.17) is 17.4 Å². The van der Waals surface area contributed by atoms with Gasteiger partial charge in [-0.1, -0.05) is 21.9 Å². The summed E-state index contributed by atoms with van der Waals surface area (Å²) in [5, 5.41) is 8.62. The number of anilines is 1. The largest absolute Gasteiger partial charge is 0.398 e. The number of benzene rings is 1. The van der Waals surface area contributed by atoms with Crippen LogP contribution in [0.1, 0.15) is 10.4 Å². The molecule has 1 aromatic rings. The monoisotopic (exact) mass is 291 g/mol. The fourth-order valence-electron chi connectivity index (χ4n) is 1.29. The zero-order chi connectivity index (χ0) is 12.8. The number of nitriles is 1. The number of amides is 1. The quantitative estimate of drug-likeness (QED) is 0.523. The van der Waals surface area contributed by atoms with Crippen molar-refractivity contribution < 1.29 is 4.79 Å². The van der Waals surface area contributed by atoms with Crippen molar-refractivity contribution in [3.63, 3.8) is 0 Å². The van der Waals surface area contributed by atoms with Gasteiger partial charge in [-0.25, -0.2) is 0 Å². The number of nitrogens with two attached hydrogens (primary N) is 1. The van der Waals surface area contributed by atoms with E-state index in [1.165, 1.54) is 4.90 Å². The molecule has 0 aliphatic heterocycles. The predicted octanol–water partition coefficient (Wildman–Crippen LogP) is 1.63. The first-order chi connectivity index (χ1) is 8.10. The van der Waals surface area contributed by atoms with Crippen LogP contribution in [-0.4, -0.2) is 23.9 Å². The van der Waals surface area contributed by atoms with Gasteiger partial charge in [-0.3, -0.25) is 4.79 Å². The Labute approximate surface area is 108 Å². The minimum atomic E-state index is -0.338. The molecule has 4 nitrogen and oxygen atoms in total. The van der Waals surface area contributed by atoms with Crippen LogP contribution in [0.4, 0.5) is 5.69 Å². The number of nitrogen functional groups attached to an aromatic ring is 1. The molecule has 0 bridgehead atoms. The van der Waals surface area contributed by atoms with E-state index in [0.717, 1.165) is 4.47 Å². The average molecular weight is 292 g/mol. The van der Waals surface area contributed by atoms with Gasteiger partial charge in [-0.05, 0) is 18.2 Å². The van der Waals surface area contributed by atoms with E-state index in [1.54, 1.807) is 18.2 Å². The van der Waals surface area contributed by atoms with E-state index in [9.17, 15) is 4.79 Å². The van der Waals surface area contributed by atoms with Crippen molar-refractivity contribution in [2.45, 2.75) is 0 Å². The van der Waals surface area contributed by atoms with Crippen LogP contribution in [0.3, 0.4) is 0 Å². The number of carbonyl (C=O) groups is 1. The third-order valence-corrected chi connectivity index (χ3v) is 2.57. The predicted molar refractivity (Wildman–Crippen MR) is 68.9 cm³/mol. The number of hydrogen-bond acceptors (Lipinski definition) is 3. The van der Waals surface area contributed by atoms with Gasteiger partial charge in [0.25, 0.3) is 5.91 Å². The molecule has 0 saturated carbocycles. The Bertz CT molecular complexity index is 497. The minimum absolute atomic E-state index is 0.0570. The van der Waals surface area contributed by atoms with Gasteiger partial charge in [-0.2, -0.15) is 5.26 Å². The van der Waals surface area contributed by atoms with Gasteiger partial charge in [0.1, 0.15) is 6.54 Å². The summed E-state index contributed by atoms with van der Waals surface area (Å²) in [6, 6.07) is 6.84. The highest BCUT2D eigenvalue weighted by Crippen LogP contribution is 2.19. The van der Waals surface area contributed by atoms with Crippen LogP contribution in [0, 0.1) is 23.7 Å². The lowest BCUT2D eigenvalue weighted by atomic mass is 10.1. The first kappa shape index (κ1) is 13.1. The molecule has 0 fully saturated rings.